The lowest BCUT2D eigenvalue weighted by Gasteiger charge is -2.37. The smallest absolute Gasteiger partial charge is 0.0317 e. The van der Waals surface area contributed by atoms with Gasteiger partial charge >= 0.3 is 0 Å². The molecular weight excluding hydrogens is 240 g/mol. The molecule has 0 amide bonds. The first-order valence-electron chi connectivity index (χ1n) is 6.92. The summed E-state index contributed by atoms with van der Waals surface area (Å²) >= 11 is 2.06. The number of anilines is 1. The van der Waals surface area contributed by atoms with Gasteiger partial charge in [0, 0.05) is 30.1 Å². The van der Waals surface area contributed by atoms with Gasteiger partial charge in [0.25, 0.3) is 0 Å². The Bertz CT molecular complexity index is 433. The van der Waals surface area contributed by atoms with Crippen LogP contribution in [0.5, 0.6) is 0 Å². The second-order valence-electron chi connectivity index (χ2n) is 5.56. The number of hydrogen-bond acceptors (Lipinski definition) is 3. The van der Waals surface area contributed by atoms with Crippen molar-refractivity contribution >= 4 is 17.4 Å². The molecule has 18 heavy (non-hydrogen) atoms. The standard InChI is InChI=1S/C15H22N2S/c1-18-15-5-3-2-4-14(15)17-9-11-6-7-13(16)8-12(11)10-17/h6-8,14-15H,2-5,9-10,16H2,1H3. The Morgan fingerprint density at radius 1 is 1.17 bits per heavy atom. The molecule has 1 aromatic rings. The lowest BCUT2D eigenvalue weighted by atomic mass is 9.94. The van der Waals surface area contributed by atoms with E-state index in [0.717, 1.165) is 30.1 Å². The van der Waals surface area contributed by atoms with Gasteiger partial charge in [0.1, 0.15) is 0 Å². The molecule has 1 fully saturated rings. The van der Waals surface area contributed by atoms with Crippen LogP contribution in [-0.2, 0) is 13.1 Å². The fourth-order valence-corrected chi connectivity index (χ4v) is 4.47. The van der Waals surface area contributed by atoms with Crippen LogP contribution in [-0.4, -0.2) is 22.4 Å². The molecule has 1 aliphatic carbocycles. The summed E-state index contributed by atoms with van der Waals surface area (Å²) in [4.78, 5) is 2.67. The van der Waals surface area contributed by atoms with Crippen LogP contribution in [0.3, 0.4) is 0 Å². The normalized spacial score (nSPS) is 28.3. The molecule has 2 nitrogen and oxygen atoms in total. The van der Waals surface area contributed by atoms with Crippen molar-refractivity contribution in [3.8, 4) is 0 Å². The second-order valence-corrected chi connectivity index (χ2v) is 6.64. The quantitative estimate of drug-likeness (QED) is 0.830. The minimum absolute atomic E-state index is 0.766. The average Bonchev–Trinajstić information content (AvgIpc) is 2.81. The monoisotopic (exact) mass is 262 g/mol. The van der Waals surface area contributed by atoms with Crippen molar-refractivity contribution in [1.82, 2.24) is 4.90 Å². The van der Waals surface area contributed by atoms with Crippen molar-refractivity contribution in [2.75, 3.05) is 12.0 Å². The van der Waals surface area contributed by atoms with Crippen LogP contribution in [0.2, 0.25) is 0 Å². The number of rotatable bonds is 2. The zero-order valence-electron chi connectivity index (χ0n) is 11.1. The van der Waals surface area contributed by atoms with Crippen molar-refractivity contribution in [3.63, 3.8) is 0 Å². The Morgan fingerprint density at radius 3 is 2.78 bits per heavy atom. The van der Waals surface area contributed by atoms with E-state index >= 15 is 0 Å². The van der Waals surface area contributed by atoms with Crippen molar-refractivity contribution < 1.29 is 0 Å². The molecule has 0 bridgehead atoms. The zero-order chi connectivity index (χ0) is 12.5. The fourth-order valence-electron chi connectivity index (χ4n) is 3.45. The third-order valence-corrected chi connectivity index (χ3v) is 5.57. The molecule has 1 saturated carbocycles. The molecule has 1 aliphatic heterocycles. The van der Waals surface area contributed by atoms with Gasteiger partial charge in [0.05, 0.1) is 0 Å². The minimum Gasteiger partial charge on any atom is -0.399 e. The van der Waals surface area contributed by atoms with Crippen molar-refractivity contribution in [2.24, 2.45) is 0 Å². The van der Waals surface area contributed by atoms with Gasteiger partial charge < -0.3 is 5.73 Å². The summed E-state index contributed by atoms with van der Waals surface area (Å²) in [5, 5.41) is 0.824. The lowest BCUT2D eigenvalue weighted by Crippen LogP contribution is -2.41. The molecule has 3 rings (SSSR count). The van der Waals surface area contributed by atoms with E-state index in [2.05, 4.69) is 35.1 Å². The largest absolute Gasteiger partial charge is 0.399 e. The molecule has 0 saturated heterocycles. The van der Waals surface area contributed by atoms with Crippen molar-refractivity contribution in [2.45, 2.75) is 50.1 Å². The number of hydrogen-bond donors (Lipinski definition) is 1. The van der Waals surface area contributed by atoms with Gasteiger partial charge in [-0.2, -0.15) is 11.8 Å². The van der Waals surface area contributed by atoms with Gasteiger partial charge in [-0.05, 0) is 42.4 Å². The van der Waals surface area contributed by atoms with Crippen LogP contribution in [0.1, 0.15) is 36.8 Å². The van der Waals surface area contributed by atoms with Gasteiger partial charge in [0.2, 0.25) is 0 Å². The summed E-state index contributed by atoms with van der Waals surface area (Å²) in [6.07, 6.45) is 7.84. The van der Waals surface area contributed by atoms with E-state index in [4.69, 9.17) is 5.73 Å². The number of thioether (sulfide) groups is 1. The summed E-state index contributed by atoms with van der Waals surface area (Å²) in [5.41, 5.74) is 9.71. The first-order valence-corrected chi connectivity index (χ1v) is 8.21. The molecule has 1 aromatic carbocycles. The Hall–Kier alpha value is -0.670. The first-order chi connectivity index (χ1) is 8.78. The topological polar surface area (TPSA) is 29.3 Å². The van der Waals surface area contributed by atoms with Gasteiger partial charge in [-0.1, -0.05) is 18.9 Å². The van der Waals surface area contributed by atoms with E-state index in [1.165, 1.54) is 36.8 Å². The number of fused-ring (bicyclic) bond motifs is 1. The summed E-state index contributed by atoms with van der Waals surface area (Å²) in [5.74, 6) is 0. The number of nitrogen functional groups attached to an aromatic ring is 1. The maximum Gasteiger partial charge on any atom is 0.0317 e. The molecule has 0 radical (unpaired) electrons. The third kappa shape index (κ3) is 2.26. The molecule has 0 spiro atoms. The molecule has 98 valence electrons. The van der Waals surface area contributed by atoms with Gasteiger partial charge in [-0.3, -0.25) is 4.90 Å². The van der Waals surface area contributed by atoms with Crippen LogP contribution in [0.15, 0.2) is 18.2 Å². The first kappa shape index (κ1) is 12.4. The van der Waals surface area contributed by atoms with E-state index in [1.807, 2.05) is 6.07 Å². The van der Waals surface area contributed by atoms with Crippen LogP contribution in [0, 0.1) is 0 Å². The zero-order valence-corrected chi connectivity index (χ0v) is 11.9. The predicted octanol–water partition coefficient (Wildman–Crippen LogP) is 3.26. The van der Waals surface area contributed by atoms with Crippen LogP contribution >= 0.6 is 11.8 Å². The summed E-state index contributed by atoms with van der Waals surface area (Å²) < 4.78 is 0. The van der Waals surface area contributed by atoms with E-state index < -0.39 is 0 Å². The van der Waals surface area contributed by atoms with Gasteiger partial charge in [-0.25, -0.2) is 0 Å². The maximum absolute atomic E-state index is 5.89. The average molecular weight is 262 g/mol. The van der Waals surface area contributed by atoms with E-state index in [-0.39, 0.29) is 0 Å². The van der Waals surface area contributed by atoms with E-state index in [0.29, 0.717) is 0 Å². The fraction of sp³-hybridized carbons (Fsp3) is 0.600. The maximum atomic E-state index is 5.89. The van der Waals surface area contributed by atoms with Crippen LogP contribution in [0.25, 0.3) is 0 Å². The highest BCUT2D eigenvalue weighted by molar-refractivity contribution is 7.99. The molecular formula is C15H22N2S. The lowest BCUT2D eigenvalue weighted by molar-refractivity contribution is 0.162. The predicted molar refractivity (Wildman–Crippen MR) is 79.7 cm³/mol. The summed E-state index contributed by atoms with van der Waals surface area (Å²) in [6.45, 7) is 2.22. The highest BCUT2D eigenvalue weighted by Gasteiger charge is 2.32. The molecule has 1 heterocycles. The second kappa shape index (κ2) is 5.14. The summed E-state index contributed by atoms with van der Waals surface area (Å²) in [7, 11) is 0. The van der Waals surface area contributed by atoms with Crippen LogP contribution < -0.4 is 5.73 Å². The van der Waals surface area contributed by atoms with E-state index in [1.54, 1.807) is 0 Å². The molecule has 0 aromatic heterocycles. The molecule has 2 N–H and O–H groups in total. The Morgan fingerprint density at radius 2 is 1.94 bits per heavy atom. The van der Waals surface area contributed by atoms with Crippen LogP contribution in [0.4, 0.5) is 5.69 Å². The van der Waals surface area contributed by atoms with Crippen molar-refractivity contribution in [1.29, 1.82) is 0 Å². The Kier molecular flexibility index (Phi) is 3.53. The number of nitrogens with two attached hydrogens (primary N) is 1. The number of benzene rings is 1. The highest BCUT2D eigenvalue weighted by Crippen LogP contribution is 2.35. The molecule has 2 atom stereocenters. The van der Waals surface area contributed by atoms with Crippen molar-refractivity contribution in [3.05, 3.63) is 29.3 Å². The SMILES string of the molecule is CSC1CCCCC1N1Cc2ccc(N)cc2C1. The minimum atomic E-state index is 0.766. The third-order valence-electron chi connectivity index (χ3n) is 4.42. The summed E-state index contributed by atoms with van der Waals surface area (Å²) in [6, 6.07) is 7.17. The Labute approximate surface area is 114 Å². The highest BCUT2D eigenvalue weighted by atomic mass is 32.2. The number of nitrogens with zero attached hydrogens (tertiary/aromatic N) is 1. The van der Waals surface area contributed by atoms with Gasteiger partial charge in [-0.15, -0.1) is 0 Å². The molecule has 2 unspecified atom stereocenters. The molecule has 2 aliphatic rings. The Balaban J connectivity index is 1.76. The van der Waals surface area contributed by atoms with Gasteiger partial charge in [0.15, 0.2) is 0 Å². The molecule has 3 heteroatoms. The van der Waals surface area contributed by atoms with E-state index in [9.17, 15) is 0 Å².